The van der Waals surface area contributed by atoms with Crippen molar-refractivity contribution in [3.05, 3.63) is 22.8 Å². The first-order valence-corrected chi connectivity index (χ1v) is 17.0. The van der Waals surface area contributed by atoms with Crippen LogP contribution in [0.25, 0.3) is 9.69 Å². The van der Waals surface area contributed by atoms with Gasteiger partial charge in [0.05, 0.1) is 25.5 Å². The highest BCUT2D eigenvalue weighted by Gasteiger charge is 2.42. The van der Waals surface area contributed by atoms with Crippen LogP contribution < -0.4 is 0 Å². The fourth-order valence-electron chi connectivity index (χ4n) is 3.48. The summed E-state index contributed by atoms with van der Waals surface area (Å²) >= 11 is 13.2. The van der Waals surface area contributed by atoms with E-state index in [1.54, 1.807) is 29.7 Å². The van der Waals surface area contributed by atoms with Gasteiger partial charge in [-0.05, 0) is 26.7 Å². The first-order chi connectivity index (χ1) is 22.3. The summed E-state index contributed by atoms with van der Waals surface area (Å²) in [4.78, 5) is 55.3. The smallest absolute Gasteiger partial charge is 0.433 e. The van der Waals surface area contributed by atoms with Crippen LogP contribution in [-0.4, -0.2) is 99.4 Å². The highest BCUT2D eigenvalue weighted by Crippen LogP contribution is 2.28. The van der Waals surface area contributed by atoms with Gasteiger partial charge in [-0.3, -0.25) is 33.9 Å². The normalized spacial score (nSPS) is 19.3. The van der Waals surface area contributed by atoms with Gasteiger partial charge in [-0.1, -0.05) is 53.1 Å². The number of carboxylic acid groups (broad SMARTS) is 2. The zero-order chi connectivity index (χ0) is 36.8. The molecule has 0 aliphatic carbocycles. The van der Waals surface area contributed by atoms with E-state index < -0.39 is 34.3 Å². The zero-order valence-electron chi connectivity index (χ0n) is 26.7. The summed E-state index contributed by atoms with van der Waals surface area (Å²) in [6, 6.07) is 3.83. The lowest BCUT2D eigenvalue weighted by Gasteiger charge is -2.20. The number of nitriles is 2. The largest absolute Gasteiger partial charge is 0.481 e. The number of carbonyl (C=O) groups is 4. The summed E-state index contributed by atoms with van der Waals surface area (Å²) < 4.78 is 1.12. The van der Waals surface area contributed by atoms with E-state index in [0.29, 0.717) is 21.7 Å². The minimum atomic E-state index is -2.10. The van der Waals surface area contributed by atoms with E-state index in [1.807, 2.05) is 0 Å². The molecule has 0 aromatic heterocycles. The summed E-state index contributed by atoms with van der Waals surface area (Å²) in [5.41, 5.74) is -6.06. The Morgan fingerprint density at radius 3 is 1.58 bits per heavy atom. The van der Waals surface area contributed by atoms with Crippen molar-refractivity contribution in [1.29, 1.82) is 10.5 Å². The predicted octanol–water partition coefficient (Wildman–Crippen LogP) is 4.94. The molecule has 0 aromatic carbocycles. The number of carbonyl (C=O) groups excluding carboxylic acids is 2. The molecule has 2 aliphatic heterocycles. The van der Waals surface area contributed by atoms with Gasteiger partial charge in [-0.25, -0.2) is 17.9 Å². The van der Waals surface area contributed by atoms with Crippen molar-refractivity contribution in [3.8, 4) is 12.1 Å². The molecule has 2 fully saturated rings. The molecule has 2 amide bonds. The summed E-state index contributed by atoms with van der Waals surface area (Å²) in [6.07, 6.45) is 0.149. The van der Waals surface area contributed by atoms with Crippen molar-refractivity contribution in [3.63, 3.8) is 0 Å². The molecule has 0 aromatic rings. The van der Waals surface area contributed by atoms with Crippen LogP contribution in [0.5, 0.6) is 0 Å². The van der Waals surface area contributed by atoms with Crippen LogP contribution in [0.4, 0.5) is 0 Å². The summed E-state index contributed by atoms with van der Waals surface area (Å²) in [5, 5.41) is 50.8. The van der Waals surface area contributed by atoms with Gasteiger partial charge in [0.25, 0.3) is 0 Å². The van der Waals surface area contributed by atoms with Gasteiger partial charge in [-0.15, -0.1) is 5.11 Å². The molecule has 2 aliphatic rings. The Morgan fingerprint density at radius 1 is 0.792 bits per heavy atom. The Kier molecular flexibility index (Phi) is 16.1. The standard InChI is InChI=1S/C18H22N6O2S4.C10H12N4O4/c1-17(12-19,6-4-13(25)23-8-10-29-15(23)27)21-22-18(2,20-3)7-5-14(26)24-9-11-30-16(24)28;1-9(6-11,5-4-7(15)16)13-14-10(2,12-3)8(17)18/h4-11H2,1-2H3;4-5H2,1-2H3,(H,15,16)(H,17,18). The van der Waals surface area contributed by atoms with E-state index >= 15 is 0 Å². The molecule has 20 heteroatoms. The third kappa shape index (κ3) is 12.8. The van der Waals surface area contributed by atoms with Gasteiger partial charge in [0.1, 0.15) is 8.64 Å². The lowest BCUT2D eigenvalue weighted by Crippen LogP contribution is -2.33. The Morgan fingerprint density at radius 2 is 1.23 bits per heavy atom. The van der Waals surface area contributed by atoms with Crippen LogP contribution >= 0.6 is 48.0 Å². The Bertz CT molecular complexity index is 1460. The topological polar surface area (TPSA) is 221 Å². The lowest BCUT2D eigenvalue weighted by molar-refractivity contribution is -0.141. The van der Waals surface area contributed by atoms with Crippen molar-refractivity contribution in [2.45, 2.75) is 88.6 Å². The van der Waals surface area contributed by atoms with E-state index in [2.05, 4.69) is 36.2 Å². The van der Waals surface area contributed by atoms with E-state index in [-0.39, 0.29) is 50.3 Å². The fraction of sp³-hybridized carbons (Fsp3) is 0.643. The van der Waals surface area contributed by atoms with Gasteiger partial charge in [0.15, 0.2) is 11.1 Å². The first-order valence-electron chi connectivity index (χ1n) is 14.2. The fourth-order valence-corrected chi connectivity index (χ4v) is 5.96. The maximum absolute atomic E-state index is 12.3. The second-order valence-corrected chi connectivity index (χ2v) is 14.6. The number of rotatable bonds is 14. The van der Waals surface area contributed by atoms with Crippen molar-refractivity contribution in [2.24, 2.45) is 20.5 Å². The quantitative estimate of drug-likeness (QED) is 0.138. The minimum absolute atomic E-state index is 0.112. The van der Waals surface area contributed by atoms with Crippen LogP contribution in [0, 0.1) is 35.8 Å². The molecule has 0 radical (unpaired) electrons. The molecule has 2 saturated heterocycles. The van der Waals surface area contributed by atoms with Crippen LogP contribution in [0.2, 0.25) is 0 Å². The molecular formula is C28H34N10O6S4. The molecule has 4 unspecified atom stereocenters. The molecular weight excluding hydrogens is 701 g/mol. The van der Waals surface area contributed by atoms with Gasteiger partial charge in [0, 0.05) is 50.8 Å². The minimum Gasteiger partial charge on any atom is -0.481 e. The first kappa shape index (κ1) is 41.9. The number of hydrogen-bond donors (Lipinski definition) is 2. The number of thioether (sulfide) groups is 2. The van der Waals surface area contributed by atoms with Crippen LogP contribution in [-0.2, 0) is 19.2 Å². The van der Waals surface area contributed by atoms with Gasteiger partial charge in [0.2, 0.25) is 11.8 Å². The average molecular weight is 735 g/mol. The maximum atomic E-state index is 12.3. The molecule has 0 spiro atoms. The Hall–Kier alpha value is -4.08. The molecule has 256 valence electrons. The molecule has 0 bridgehead atoms. The van der Waals surface area contributed by atoms with E-state index in [4.69, 9.17) is 53.1 Å². The second kappa shape index (κ2) is 18.5. The number of azo groups is 2. The van der Waals surface area contributed by atoms with Crippen LogP contribution in [0.15, 0.2) is 20.5 Å². The maximum Gasteiger partial charge on any atom is 0.433 e. The molecule has 48 heavy (non-hydrogen) atoms. The Labute approximate surface area is 297 Å². The molecule has 16 nitrogen and oxygen atoms in total. The van der Waals surface area contributed by atoms with Gasteiger partial charge >= 0.3 is 23.3 Å². The van der Waals surface area contributed by atoms with Crippen molar-refractivity contribution in [2.75, 3.05) is 24.6 Å². The molecule has 2 N–H and O–H groups in total. The third-order valence-corrected chi connectivity index (χ3v) is 9.74. The average Bonchev–Trinajstić information content (AvgIpc) is 3.70. The van der Waals surface area contributed by atoms with Crippen molar-refractivity contribution >= 4 is 80.4 Å². The van der Waals surface area contributed by atoms with Gasteiger partial charge < -0.3 is 10.2 Å². The summed E-state index contributed by atoms with van der Waals surface area (Å²) in [7, 11) is 0. The highest BCUT2D eigenvalue weighted by atomic mass is 32.2. The SMILES string of the molecule is [C-]#[N+]C(C)(CCC(=O)N1CCSC1=S)N=NC(C)(C#N)CCC(=O)N1CCSC1=S.[C-]#[N+]C(C)(N=NC(C)(C#N)CCC(=O)O)C(=O)O. The molecule has 0 saturated carbocycles. The molecule has 2 rings (SSSR count). The van der Waals surface area contributed by atoms with Crippen molar-refractivity contribution in [1.82, 2.24) is 9.80 Å². The zero-order valence-corrected chi connectivity index (χ0v) is 30.0. The van der Waals surface area contributed by atoms with E-state index in [0.717, 1.165) is 18.4 Å². The Balaban J connectivity index is 0.000000549. The third-order valence-electron chi connectivity index (χ3n) is 6.88. The summed E-state index contributed by atoms with van der Waals surface area (Å²) in [6.45, 7) is 20.9. The monoisotopic (exact) mass is 734 g/mol. The number of nitrogens with zero attached hydrogens (tertiary/aromatic N) is 10. The van der Waals surface area contributed by atoms with E-state index in [1.165, 1.54) is 30.4 Å². The number of amides is 2. The molecule has 4 atom stereocenters. The van der Waals surface area contributed by atoms with Crippen molar-refractivity contribution < 1.29 is 29.4 Å². The van der Waals surface area contributed by atoms with Gasteiger partial charge in [-0.2, -0.15) is 20.8 Å². The van der Waals surface area contributed by atoms with Crippen LogP contribution in [0.3, 0.4) is 0 Å². The number of thiocarbonyl (C=S) groups is 2. The number of aliphatic carboxylic acids is 2. The lowest BCUT2D eigenvalue weighted by atomic mass is 9.98. The second-order valence-electron chi connectivity index (χ2n) is 11.2. The number of hydrogen-bond acceptors (Lipinski definition) is 14. The van der Waals surface area contributed by atoms with E-state index in [9.17, 15) is 24.4 Å². The molecule has 2 heterocycles. The number of carboxylic acids is 2. The highest BCUT2D eigenvalue weighted by molar-refractivity contribution is 8.23. The van der Waals surface area contributed by atoms with Crippen LogP contribution in [0.1, 0.15) is 66.2 Å². The predicted molar refractivity (Wildman–Crippen MR) is 184 cm³/mol. The summed E-state index contributed by atoms with van der Waals surface area (Å²) in [5.74, 6) is -1.30.